The number of nitro benzene ring substituents is 2. The zero-order valence-electron chi connectivity index (χ0n) is 13.4. The molecule has 0 N–H and O–H groups in total. The molecule has 0 bridgehead atoms. The molecule has 0 fully saturated rings. The SMILES string of the molecule is CN(c1c([N+](=O)[O-])cc([N+](=O)[O-])cc1C(F)(F)F)c1c(F)cc(Cl)c(F)c1Cl. The minimum Gasteiger partial charge on any atom is -0.335 e. The van der Waals surface area contributed by atoms with E-state index in [2.05, 4.69) is 0 Å². The molecule has 2 rings (SSSR count). The molecule has 28 heavy (non-hydrogen) atoms. The van der Waals surface area contributed by atoms with E-state index >= 15 is 0 Å². The van der Waals surface area contributed by atoms with Crippen LogP contribution in [0.3, 0.4) is 0 Å². The Labute approximate surface area is 162 Å². The number of hydrogen-bond donors (Lipinski definition) is 0. The number of anilines is 2. The molecule has 0 saturated carbocycles. The molecule has 0 aliphatic heterocycles. The smallest absolute Gasteiger partial charge is 0.335 e. The molecule has 14 heteroatoms. The van der Waals surface area contributed by atoms with Crippen molar-refractivity contribution in [1.82, 2.24) is 0 Å². The lowest BCUT2D eigenvalue weighted by molar-refractivity contribution is -0.394. The lowest BCUT2D eigenvalue weighted by atomic mass is 10.1. The monoisotopic (exact) mass is 445 g/mol. The van der Waals surface area contributed by atoms with Crippen LogP contribution in [-0.4, -0.2) is 16.9 Å². The maximum atomic E-state index is 14.3. The van der Waals surface area contributed by atoms with Gasteiger partial charge in [0.15, 0.2) is 5.82 Å². The van der Waals surface area contributed by atoms with Crippen LogP contribution < -0.4 is 4.90 Å². The number of nitro groups is 2. The Morgan fingerprint density at radius 2 is 1.57 bits per heavy atom. The van der Waals surface area contributed by atoms with Crippen molar-refractivity contribution in [3.05, 3.63) is 65.7 Å². The number of non-ortho nitro benzene ring substituents is 1. The van der Waals surface area contributed by atoms with E-state index in [1.54, 1.807) is 0 Å². The molecule has 2 aromatic rings. The number of nitrogens with zero attached hydrogens (tertiary/aromatic N) is 3. The van der Waals surface area contributed by atoms with E-state index in [4.69, 9.17) is 23.2 Å². The van der Waals surface area contributed by atoms with E-state index in [-0.39, 0.29) is 17.0 Å². The molecule has 0 unspecified atom stereocenters. The molecule has 150 valence electrons. The normalized spacial score (nSPS) is 11.4. The van der Waals surface area contributed by atoms with Crippen molar-refractivity contribution in [2.24, 2.45) is 0 Å². The van der Waals surface area contributed by atoms with E-state index in [9.17, 15) is 42.2 Å². The van der Waals surface area contributed by atoms with Gasteiger partial charge in [-0.05, 0) is 6.07 Å². The van der Waals surface area contributed by atoms with Crippen molar-refractivity contribution in [3.63, 3.8) is 0 Å². The summed E-state index contributed by atoms with van der Waals surface area (Å²) >= 11 is 11.0. The molecular weight excluding hydrogens is 440 g/mol. The summed E-state index contributed by atoms with van der Waals surface area (Å²) in [5, 5.41) is 20.3. The van der Waals surface area contributed by atoms with Crippen molar-refractivity contribution >= 4 is 46.0 Å². The molecule has 0 aliphatic rings. The summed E-state index contributed by atoms with van der Waals surface area (Å²) in [7, 11) is 0.751. The number of hydrogen-bond acceptors (Lipinski definition) is 5. The molecule has 0 spiro atoms. The predicted molar refractivity (Wildman–Crippen MR) is 89.2 cm³/mol. The van der Waals surface area contributed by atoms with Crippen molar-refractivity contribution < 1.29 is 31.8 Å². The first-order chi connectivity index (χ1) is 12.8. The maximum Gasteiger partial charge on any atom is 0.418 e. The van der Waals surface area contributed by atoms with Gasteiger partial charge in [0.2, 0.25) is 0 Å². The predicted octanol–water partition coefficient (Wildman–Crippen LogP) is 5.87. The minimum atomic E-state index is -5.31. The molecule has 0 atom stereocenters. The highest BCUT2D eigenvalue weighted by Crippen LogP contribution is 2.48. The highest BCUT2D eigenvalue weighted by atomic mass is 35.5. The second kappa shape index (κ2) is 7.36. The average Bonchev–Trinajstić information content (AvgIpc) is 2.57. The number of alkyl halides is 3. The Morgan fingerprint density at radius 3 is 2.04 bits per heavy atom. The van der Waals surface area contributed by atoms with E-state index in [0.29, 0.717) is 6.07 Å². The number of rotatable bonds is 4. The Hall–Kier alpha value is -2.73. The summed E-state index contributed by atoms with van der Waals surface area (Å²) < 4.78 is 68.6. The first kappa shape index (κ1) is 21.6. The second-order valence-corrected chi connectivity index (χ2v) is 6.03. The summed E-state index contributed by atoms with van der Waals surface area (Å²) in [6, 6.07) is 0.717. The van der Waals surface area contributed by atoms with Gasteiger partial charge in [0.05, 0.1) is 32.2 Å². The van der Waals surface area contributed by atoms with E-state index < -0.39 is 66.0 Å². The Kier molecular flexibility index (Phi) is 5.67. The van der Waals surface area contributed by atoms with Crippen LogP contribution in [0.25, 0.3) is 0 Å². The van der Waals surface area contributed by atoms with Crippen LogP contribution in [-0.2, 0) is 6.18 Å². The molecule has 0 saturated heterocycles. The standard InChI is InChI=1S/C14H6Cl2F5N3O4/c1-22(13-8(17)4-7(15)11(18)10(13)16)12-6(14(19,20)21)2-5(23(25)26)3-9(12)24(27)28/h2-4H,1H3. The molecular formula is C14H6Cl2F5N3O4. The lowest BCUT2D eigenvalue weighted by Gasteiger charge is -2.25. The Balaban J connectivity index is 2.93. The highest BCUT2D eigenvalue weighted by molar-refractivity contribution is 6.36. The number of halogens is 7. The first-order valence-electron chi connectivity index (χ1n) is 6.88. The summed E-state index contributed by atoms with van der Waals surface area (Å²) in [5.74, 6) is -2.75. The molecule has 0 heterocycles. The first-order valence-corrected chi connectivity index (χ1v) is 7.63. The third-order valence-electron chi connectivity index (χ3n) is 3.55. The van der Waals surface area contributed by atoms with Gasteiger partial charge in [-0.15, -0.1) is 0 Å². The van der Waals surface area contributed by atoms with E-state index in [1.165, 1.54) is 0 Å². The van der Waals surface area contributed by atoms with Gasteiger partial charge in [-0.1, -0.05) is 23.2 Å². The van der Waals surface area contributed by atoms with Gasteiger partial charge in [0.25, 0.3) is 11.4 Å². The fourth-order valence-electron chi connectivity index (χ4n) is 2.39. The average molecular weight is 446 g/mol. The van der Waals surface area contributed by atoms with Crippen LogP contribution in [0.5, 0.6) is 0 Å². The van der Waals surface area contributed by atoms with Gasteiger partial charge >= 0.3 is 6.18 Å². The summed E-state index contributed by atoms with van der Waals surface area (Å²) in [4.78, 5) is 19.8. The van der Waals surface area contributed by atoms with Crippen LogP contribution in [0.2, 0.25) is 10.0 Å². The molecule has 2 aromatic carbocycles. The van der Waals surface area contributed by atoms with Crippen LogP contribution in [0.4, 0.5) is 44.7 Å². The third-order valence-corrected chi connectivity index (χ3v) is 4.17. The van der Waals surface area contributed by atoms with Crippen LogP contribution in [0, 0.1) is 31.9 Å². The van der Waals surface area contributed by atoms with E-state index in [1.807, 2.05) is 0 Å². The van der Waals surface area contributed by atoms with Crippen molar-refractivity contribution in [1.29, 1.82) is 0 Å². The van der Waals surface area contributed by atoms with Crippen molar-refractivity contribution in [2.75, 3.05) is 11.9 Å². The number of benzene rings is 2. The zero-order valence-corrected chi connectivity index (χ0v) is 14.9. The van der Waals surface area contributed by atoms with Crippen LogP contribution in [0.1, 0.15) is 5.56 Å². The fourth-order valence-corrected chi connectivity index (χ4v) is 2.95. The fraction of sp³-hybridized carbons (Fsp3) is 0.143. The minimum absolute atomic E-state index is 0.0386. The Morgan fingerprint density at radius 1 is 1.00 bits per heavy atom. The highest BCUT2D eigenvalue weighted by Gasteiger charge is 2.42. The quantitative estimate of drug-likeness (QED) is 0.193. The van der Waals surface area contributed by atoms with Crippen LogP contribution in [0.15, 0.2) is 18.2 Å². The largest absolute Gasteiger partial charge is 0.418 e. The third kappa shape index (κ3) is 3.78. The van der Waals surface area contributed by atoms with Crippen molar-refractivity contribution in [3.8, 4) is 0 Å². The van der Waals surface area contributed by atoms with Crippen LogP contribution >= 0.6 is 23.2 Å². The topological polar surface area (TPSA) is 89.5 Å². The van der Waals surface area contributed by atoms with Gasteiger partial charge in [-0.3, -0.25) is 20.2 Å². The molecule has 0 aromatic heterocycles. The molecule has 0 aliphatic carbocycles. The summed E-state index contributed by atoms with van der Waals surface area (Å²) in [6.07, 6.45) is -5.31. The summed E-state index contributed by atoms with van der Waals surface area (Å²) in [5.41, 5.74) is -6.65. The lowest BCUT2D eigenvalue weighted by Crippen LogP contribution is -2.20. The van der Waals surface area contributed by atoms with Gasteiger partial charge < -0.3 is 4.90 Å². The van der Waals surface area contributed by atoms with Gasteiger partial charge in [0.1, 0.15) is 16.5 Å². The van der Waals surface area contributed by atoms with E-state index in [0.717, 1.165) is 7.05 Å². The van der Waals surface area contributed by atoms with Gasteiger partial charge in [-0.2, -0.15) is 13.2 Å². The summed E-state index contributed by atoms with van der Waals surface area (Å²) in [6.45, 7) is 0. The molecule has 7 nitrogen and oxygen atoms in total. The zero-order chi connectivity index (χ0) is 21.5. The Bertz CT molecular complexity index is 1000. The van der Waals surface area contributed by atoms with Gasteiger partial charge in [0, 0.05) is 13.1 Å². The van der Waals surface area contributed by atoms with Gasteiger partial charge in [-0.25, -0.2) is 8.78 Å². The maximum absolute atomic E-state index is 14.3. The molecule has 0 radical (unpaired) electrons. The second-order valence-electron chi connectivity index (χ2n) is 5.25. The molecule has 0 amide bonds. The van der Waals surface area contributed by atoms with Crippen molar-refractivity contribution in [2.45, 2.75) is 6.18 Å².